The van der Waals surface area contributed by atoms with E-state index in [2.05, 4.69) is 11.0 Å². The number of hydrogen-bond donors (Lipinski definition) is 1. The second-order valence-corrected chi connectivity index (χ2v) is 5.84. The zero-order valence-electron chi connectivity index (χ0n) is 10.3. The fourth-order valence-corrected chi connectivity index (χ4v) is 3.24. The van der Waals surface area contributed by atoms with Crippen LogP contribution in [0.1, 0.15) is 39.0 Å². The van der Waals surface area contributed by atoms with Gasteiger partial charge in [0.2, 0.25) is 0 Å². The quantitative estimate of drug-likeness (QED) is 0.786. The Balaban J connectivity index is 1.67. The summed E-state index contributed by atoms with van der Waals surface area (Å²) >= 11 is 0. The highest BCUT2D eigenvalue weighted by atomic mass is 15.2. The van der Waals surface area contributed by atoms with E-state index in [1.54, 1.807) is 0 Å². The third-order valence-corrected chi connectivity index (χ3v) is 4.23. The molecule has 3 unspecified atom stereocenters. The molecule has 0 radical (unpaired) electrons. The van der Waals surface area contributed by atoms with Crippen molar-refractivity contribution < 1.29 is 0 Å². The van der Waals surface area contributed by atoms with Crippen molar-refractivity contribution in [2.75, 3.05) is 19.6 Å². The van der Waals surface area contributed by atoms with Crippen LogP contribution in [0.15, 0.2) is 0 Å². The number of rotatable bonds is 4. The van der Waals surface area contributed by atoms with Crippen LogP contribution >= 0.6 is 0 Å². The first-order valence-corrected chi connectivity index (χ1v) is 6.53. The van der Waals surface area contributed by atoms with Crippen molar-refractivity contribution in [2.45, 2.75) is 44.6 Å². The molecule has 0 amide bonds. The van der Waals surface area contributed by atoms with Gasteiger partial charge in [-0.1, -0.05) is 6.42 Å². The highest BCUT2D eigenvalue weighted by molar-refractivity contribution is 5.00. The number of likely N-dealkylation sites (tertiary alicyclic amines) is 1. The van der Waals surface area contributed by atoms with Gasteiger partial charge in [0.25, 0.3) is 0 Å². The largest absolute Gasteiger partial charge is 0.314 e. The van der Waals surface area contributed by atoms with Crippen molar-refractivity contribution in [2.24, 2.45) is 17.6 Å². The minimum absolute atomic E-state index is 0.629. The molecule has 2 N–H and O–H groups in total. The molecule has 1 aliphatic heterocycles. The number of hydrogen-bond acceptors (Lipinski definition) is 3. The summed E-state index contributed by atoms with van der Waals surface area (Å²) in [4.78, 5) is 2.57. The predicted octanol–water partition coefficient (Wildman–Crippen LogP) is 1.74. The Hall–Kier alpha value is -0.590. The van der Waals surface area contributed by atoms with Crippen molar-refractivity contribution in [1.29, 1.82) is 5.26 Å². The molecule has 3 heteroatoms. The Morgan fingerprint density at radius 3 is 2.56 bits per heavy atom. The lowest BCUT2D eigenvalue weighted by molar-refractivity contribution is 0.296. The molecule has 2 rings (SSSR count). The number of fused-ring (bicyclic) bond motifs is 1. The Kier molecular flexibility index (Phi) is 3.51. The van der Waals surface area contributed by atoms with Gasteiger partial charge in [0, 0.05) is 13.1 Å². The van der Waals surface area contributed by atoms with E-state index in [0.29, 0.717) is 0 Å². The van der Waals surface area contributed by atoms with E-state index in [1.165, 1.54) is 32.4 Å². The zero-order chi connectivity index (χ0) is 11.6. The van der Waals surface area contributed by atoms with Crippen LogP contribution in [0.2, 0.25) is 0 Å². The summed E-state index contributed by atoms with van der Waals surface area (Å²) in [5, 5.41) is 8.83. The third-order valence-electron chi connectivity index (χ3n) is 4.23. The summed E-state index contributed by atoms with van der Waals surface area (Å²) < 4.78 is 0. The Morgan fingerprint density at radius 1 is 1.38 bits per heavy atom. The molecule has 3 nitrogen and oxygen atoms in total. The minimum Gasteiger partial charge on any atom is -0.314 e. The second kappa shape index (κ2) is 4.73. The van der Waals surface area contributed by atoms with E-state index < -0.39 is 5.54 Å². The lowest BCUT2D eigenvalue weighted by Gasteiger charge is -2.19. The Labute approximate surface area is 98.6 Å². The number of nitrogens with two attached hydrogens (primary N) is 1. The van der Waals surface area contributed by atoms with Gasteiger partial charge in [0.05, 0.1) is 6.07 Å². The molecular formula is C13H23N3. The summed E-state index contributed by atoms with van der Waals surface area (Å²) in [7, 11) is 0. The van der Waals surface area contributed by atoms with Gasteiger partial charge in [-0.2, -0.15) is 5.26 Å². The van der Waals surface area contributed by atoms with Crippen LogP contribution in [0.5, 0.6) is 0 Å². The fraction of sp³-hybridized carbons (Fsp3) is 0.923. The Morgan fingerprint density at radius 2 is 2.00 bits per heavy atom. The minimum atomic E-state index is -0.629. The van der Waals surface area contributed by atoms with Crippen molar-refractivity contribution in [3.05, 3.63) is 0 Å². The van der Waals surface area contributed by atoms with Crippen LogP contribution < -0.4 is 5.73 Å². The maximum atomic E-state index is 8.83. The van der Waals surface area contributed by atoms with Crippen LogP contribution in [0.25, 0.3) is 0 Å². The van der Waals surface area contributed by atoms with Crippen LogP contribution in [-0.2, 0) is 0 Å². The molecule has 0 spiro atoms. The molecule has 2 aliphatic rings. The van der Waals surface area contributed by atoms with Gasteiger partial charge >= 0.3 is 0 Å². The average Bonchev–Trinajstić information content (AvgIpc) is 2.77. The molecule has 0 bridgehead atoms. The summed E-state index contributed by atoms with van der Waals surface area (Å²) in [6.07, 6.45) is 6.19. The van der Waals surface area contributed by atoms with Crippen molar-refractivity contribution in [1.82, 2.24) is 4.90 Å². The van der Waals surface area contributed by atoms with E-state index in [-0.39, 0.29) is 0 Å². The van der Waals surface area contributed by atoms with Crippen molar-refractivity contribution in [3.8, 4) is 6.07 Å². The topological polar surface area (TPSA) is 53.1 Å². The average molecular weight is 221 g/mol. The van der Waals surface area contributed by atoms with Crippen LogP contribution in [-0.4, -0.2) is 30.1 Å². The van der Waals surface area contributed by atoms with E-state index in [1.807, 2.05) is 6.92 Å². The van der Waals surface area contributed by atoms with Crippen LogP contribution in [0, 0.1) is 23.2 Å². The van der Waals surface area contributed by atoms with Gasteiger partial charge in [-0.3, -0.25) is 0 Å². The maximum Gasteiger partial charge on any atom is 0.101 e. The normalized spacial score (nSPS) is 33.3. The standard InChI is InChI=1S/C13H23N3/c1-13(15,10-14)6-3-7-16-8-11-4-2-5-12(11)9-16/h11-12H,2-9,15H2,1H3. The summed E-state index contributed by atoms with van der Waals surface area (Å²) in [6.45, 7) is 5.53. The van der Waals surface area contributed by atoms with Gasteiger partial charge < -0.3 is 10.6 Å². The summed E-state index contributed by atoms with van der Waals surface area (Å²) in [6, 6.07) is 2.17. The molecule has 1 saturated carbocycles. The first-order valence-electron chi connectivity index (χ1n) is 6.53. The van der Waals surface area contributed by atoms with Crippen LogP contribution in [0.3, 0.4) is 0 Å². The molecule has 16 heavy (non-hydrogen) atoms. The lowest BCUT2D eigenvalue weighted by Crippen LogP contribution is -2.35. The first-order chi connectivity index (χ1) is 7.61. The lowest BCUT2D eigenvalue weighted by atomic mass is 9.99. The predicted molar refractivity (Wildman–Crippen MR) is 64.7 cm³/mol. The monoisotopic (exact) mass is 221 g/mol. The molecule has 1 saturated heterocycles. The molecule has 90 valence electrons. The highest BCUT2D eigenvalue weighted by Gasteiger charge is 2.35. The maximum absolute atomic E-state index is 8.83. The summed E-state index contributed by atoms with van der Waals surface area (Å²) in [5.41, 5.74) is 5.18. The van der Waals surface area contributed by atoms with E-state index in [9.17, 15) is 0 Å². The SMILES string of the molecule is CC(N)(C#N)CCCN1CC2CCCC2C1. The van der Waals surface area contributed by atoms with Gasteiger partial charge in [-0.25, -0.2) is 0 Å². The molecule has 3 atom stereocenters. The number of nitrogens with zero attached hydrogens (tertiary/aromatic N) is 2. The van der Waals surface area contributed by atoms with Gasteiger partial charge in [0.15, 0.2) is 0 Å². The second-order valence-electron chi connectivity index (χ2n) is 5.84. The molecule has 1 aliphatic carbocycles. The highest BCUT2D eigenvalue weighted by Crippen LogP contribution is 2.37. The first kappa shape index (κ1) is 11.9. The van der Waals surface area contributed by atoms with Gasteiger partial charge in [-0.05, 0) is 51.0 Å². The van der Waals surface area contributed by atoms with Crippen molar-refractivity contribution in [3.63, 3.8) is 0 Å². The van der Waals surface area contributed by atoms with Gasteiger partial charge in [0.1, 0.15) is 5.54 Å². The molecular weight excluding hydrogens is 198 g/mol. The van der Waals surface area contributed by atoms with Gasteiger partial charge in [-0.15, -0.1) is 0 Å². The van der Waals surface area contributed by atoms with Crippen molar-refractivity contribution >= 4 is 0 Å². The third kappa shape index (κ3) is 2.75. The molecule has 2 fully saturated rings. The molecule has 1 heterocycles. The molecule has 0 aromatic rings. The van der Waals surface area contributed by atoms with E-state index in [4.69, 9.17) is 11.0 Å². The van der Waals surface area contributed by atoms with E-state index >= 15 is 0 Å². The van der Waals surface area contributed by atoms with Crippen LogP contribution in [0.4, 0.5) is 0 Å². The Bertz CT molecular complexity index is 267. The summed E-state index contributed by atoms with van der Waals surface area (Å²) in [5.74, 6) is 1.94. The van der Waals surface area contributed by atoms with E-state index in [0.717, 1.165) is 31.2 Å². The smallest absolute Gasteiger partial charge is 0.101 e. The molecule has 0 aromatic carbocycles. The zero-order valence-corrected chi connectivity index (χ0v) is 10.3. The number of nitriles is 1. The molecule has 0 aromatic heterocycles. The fourth-order valence-electron chi connectivity index (χ4n) is 3.24.